The summed E-state index contributed by atoms with van der Waals surface area (Å²) in [7, 11) is 0. The molecule has 0 spiro atoms. The molecule has 0 radical (unpaired) electrons. The van der Waals surface area contributed by atoms with Gasteiger partial charge in [-0.3, -0.25) is 9.98 Å². The molecule has 3 heteroatoms. The van der Waals surface area contributed by atoms with Crippen LogP contribution >= 0.6 is 11.8 Å². The van der Waals surface area contributed by atoms with E-state index in [9.17, 15) is 0 Å². The van der Waals surface area contributed by atoms with Crippen molar-refractivity contribution in [3.8, 4) is 22.3 Å². The van der Waals surface area contributed by atoms with Crippen LogP contribution in [0.3, 0.4) is 0 Å². The molecule has 0 amide bonds. The van der Waals surface area contributed by atoms with Gasteiger partial charge in [0.05, 0.1) is 11.2 Å². The molecule has 0 unspecified atom stereocenters. The number of rotatable bonds is 3. The SMILES string of the molecule is CC1(C)N=C(c2ccc(-c3c4ccccc4c(-c4cccc5ccccc45)c4ccccc34)cn2)SC1(C)C. The van der Waals surface area contributed by atoms with E-state index in [-0.39, 0.29) is 10.3 Å². The van der Waals surface area contributed by atoms with Crippen molar-refractivity contribution >= 4 is 49.1 Å². The predicted octanol–water partition coefficient (Wildman–Crippen LogP) is 9.93. The van der Waals surface area contributed by atoms with Crippen molar-refractivity contribution in [1.82, 2.24) is 4.98 Å². The number of pyridine rings is 1. The first-order valence-corrected chi connectivity index (χ1v) is 14.3. The minimum atomic E-state index is -0.128. The van der Waals surface area contributed by atoms with Crippen LogP contribution < -0.4 is 0 Å². The number of thioether (sulfide) groups is 1. The van der Waals surface area contributed by atoms with Crippen molar-refractivity contribution in [2.45, 2.75) is 38.0 Å². The molecule has 1 aliphatic heterocycles. The van der Waals surface area contributed by atoms with Crippen LogP contribution in [-0.2, 0) is 0 Å². The number of hydrogen-bond acceptors (Lipinski definition) is 3. The summed E-state index contributed by atoms with van der Waals surface area (Å²) >= 11 is 1.82. The van der Waals surface area contributed by atoms with Gasteiger partial charge in [0, 0.05) is 16.5 Å². The fourth-order valence-electron chi connectivity index (χ4n) is 5.73. The van der Waals surface area contributed by atoms with E-state index in [1.165, 1.54) is 49.0 Å². The number of aliphatic imine (C=N–C) groups is 1. The second-order valence-corrected chi connectivity index (χ2v) is 13.0. The van der Waals surface area contributed by atoms with Gasteiger partial charge in [0.2, 0.25) is 0 Å². The van der Waals surface area contributed by atoms with Gasteiger partial charge >= 0.3 is 0 Å². The molecule has 0 fully saturated rings. The van der Waals surface area contributed by atoms with Crippen molar-refractivity contribution in [2.24, 2.45) is 4.99 Å². The Balaban J connectivity index is 1.47. The molecule has 2 heterocycles. The Morgan fingerprint density at radius 2 is 1.13 bits per heavy atom. The fourth-order valence-corrected chi connectivity index (χ4v) is 7.01. The maximum Gasteiger partial charge on any atom is 0.117 e. The highest BCUT2D eigenvalue weighted by Crippen LogP contribution is 2.47. The molecule has 1 aliphatic rings. The highest BCUT2D eigenvalue weighted by atomic mass is 32.2. The molecule has 39 heavy (non-hydrogen) atoms. The van der Waals surface area contributed by atoms with Gasteiger partial charge in [-0.15, -0.1) is 0 Å². The Morgan fingerprint density at radius 3 is 1.69 bits per heavy atom. The van der Waals surface area contributed by atoms with Gasteiger partial charge < -0.3 is 0 Å². The Bertz CT molecular complexity index is 1870. The molecule has 0 saturated carbocycles. The standard InChI is InChI=1S/C36H30N2S/c1-35(2)36(3,4)39-34(38-35)31-21-20-24(22-37-31)32-27-15-7-9-17-29(27)33(30-18-10-8-16-28(30)32)26-19-11-13-23-12-5-6-14-25(23)26/h5-22H,1-4H3. The Kier molecular flexibility index (Phi) is 5.43. The van der Waals surface area contributed by atoms with Crippen LogP contribution in [0.1, 0.15) is 33.4 Å². The summed E-state index contributed by atoms with van der Waals surface area (Å²) < 4.78 is 0.0343. The molecule has 6 aromatic rings. The first kappa shape index (κ1) is 24.1. The van der Waals surface area contributed by atoms with Crippen LogP contribution in [0.15, 0.2) is 114 Å². The second-order valence-electron chi connectivity index (χ2n) is 11.4. The van der Waals surface area contributed by atoms with E-state index < -0.39 is 0 Å². The van der Waals surface area contributed by atoms with E-state index in [4.69, 9.17) is 9.98 Å². The molecule has 5 aromatic carbocycles. The van der Waals surface area contributed by atoms with Crippen LogP contribution in [0.4, 0.5) is 0 Å². The summed E-state index contributed by atoms with van der Waals surface area (Å²) in [5.41, 5.74) is 5.72. The lowest BCUT2D eigenvalue weighted by atomic mass is 9.85. The Morgan fingerprint density at radius 1 is 0.564 bits per heavy atom. The first-order valence-electron chi connectivity index (χ1n) is 13.5. The molecule has 0 atom stereocenters. The van der Waals surface area contributed by atoms with E-state index in [1.807, 2.05) is 18.0 Å². The highest BCUT2D eigenvalue weighted by molar-refractivity contribution is 8.15. The van der Waals surface area contributed by atoms with Crippen LogP contribution in [0.5, 0.6) is 0 Å². The zero-order chi connectivity index (χ0) is 26.8. The zero-order valence-electron chi connectivity index (χ0n) is 22.7. The maximum atomic E-state index is 5.03. The largest absolute Gasteiger partial charge is 0.269 e. The van der Waals surface area contributed by atoms with Crippen LogP contribution in [0.2, 0.25) is 0 Å². The molecule has 7 rings (SSSR count). The molecule has 0 N–H and O–H groups in total. The highest BCUT2D eigenvalue weighted by Gasteiger charge is 2.44. The maximum absolute atomic E-state index is 5.03. The molecular formula is C36H30N2S. The zero-order valence-corrected chi connectivity index (χ0v) is 23.5. The van der Waals surface area contributed by atoms with Crippen LogP contribution in [-0.4, -0.2) is 20.3 Å². The van der Waals surface area contributed by atoms with Crippen LogP contribution in [0, 0.1) is 0 Å². The average molecular weight is 523 g/mol. The number of nitrogens with zero attached hydrogens (tertiary/aromatic N) is 2. The molecule has 0 saturated heterocycles. The summed E-state index contributed by atoms with van der Waals surface area (Å²) in [5, 5.41) is 8.54. The number of hydrogen-bond donors (Lipinski definition) is 0. The lowest BCUT2D eigenvalue weighted by Gasteiger charge is -2.30. The summed E-state index contributed by atoms with van der Waals surface area (Å²) in [5.74, 6) is 0. The van der Waals surface area contributed by atoms with Crippen LogP contribution in [0.25, 0.3) is 54.6 Å². The molecule has 0 aliphatic carbocycles. The molecule has 2 nitrogen and oxygen atoms in total. The smallest absolute Gasteiger partial charge is 0.117 e. The van der Waals surface area contributed by atoms with Crippen molar-refractivity contribution < 1.29 is 0 Å². The third-order valence-electron chi connectivity index (χ3n) is 8.47. The lowest BCUT2D eigenvalue weighted by molar-refractivity contribution is 0.426. The van der Waals surface area contributed by atoms with Gasteiger partial charge in [-0.05, 0) is 82.8 Å². The van der Waals surface area contributed by atoms with Gasteiger partial charge in [0.1, 0.15) is 5.04 Å². The van der Waals surface area contributed by atoms with E-state index in [0.29, 0.717) is 0 Å². The predicted molar refractivity (Wildman–Crippen MR) is 170 cm³/mol. The summed E-state index contributed by atoms with van der Waals surface area (Å²) in [6.45, 7) is 8.94. The Hall–Kier alpha value is -3.95. The molecule has 190 valence electrons. The minimum absolute atomic E-state index is 0.0343. The number of aromatic nitrogens is 1. The second kappa shape index (κ2) is 8.79. The normalized spacial score (nSPS) is 16.2. The van der Waals surface area contributed by atoms with E-state index in [2.05, 4.69) is 131 Å². The quantitative estimate of drug-likeness (QED) is 0.216. The lowest BCUT2D eigenvalue weighted by Crippen LogP contribution is -2.36. The third-order valence-corrected chi connectivity index (χ3v) is 9.97. The third kappa shape index (κ3) is 3.79. The van der Waals surface area contributed by atoms with Crippen molar-refractivity contribution in [1.29, 1.82) is 0 Å². The number of fused-ring (bicyclic) bond motifs is 3. The van der Waals surface area contributed by atoms with E-state index in [0.717, 1.165) is 16.3 Å². The number of benzene rings is 5. The molecule has 1 aromatic heterocycles. The molecular weight excluding hydrogens is 492 g/mol. The van der Waals surface area contributed by atoms with Gasteiger partial charge in [0.25, 0.3) is 0 Å². The Labute approximate surface area is 233 Å². The summed E-state index contributed by atoms with van der Waals surface area (Å²) in [6, 6.07) is 37.3. The van der Waals surface area contributed by atoms with Gasteiger partial charge in [0.15, 0.2) is 0 Å². The minimum Gasteiger partial charge on any atom is -0.269 e. The topological polar surface area (TPSA) is 25.2 Å². The van der Waals surface area contributed by atoms with Crippen molar-refractivity contribution in [2.75, 3.05) is 0 Å². The van der Waals surface area contributed by atoms with E-state index in [1.54, 1.807) is 0 Å². The van der Waals surface area contributed by atoms with Gasteiger partial charge in [-0.25, -0.2) is 0 Å². The monoisotopic (exact) mass is 522 g/mol. The van der Waals surface area contributed by atoms with Gasteiger partial charge in [-0.2, -0.15) is 0 Å². The van der Waals surface area contributed by atoms with Gasteiger partial charge in [-0.1, -0.05) is 109 Å². The molecule has 0 bridgehead atoms. The van der Waals surface area contributed by atoms with E-state index >= 15 is 0 Å². The fraction of sp³-hybridized carbons (Fsp3) is 0.167. The summed E-state index contributed by atoms with van der Waals surface area (Å²) in [4.78, 5) is 9.98. The first-order chi connectivity index (χ1) is 18.8. The van der Waals surface area contributed by atoms with Crippen molar-refractivity contribution in [3.05, 3.63) is 115 Å². The summed E-state index contributed by atoms with van der Waals surface area (Å²) in [6.07, 6.45) is 2.03. The van der Waals surface area contributed by atoms with Crippen molar-refractivity contribution in [3.63, 3.8) is 0 Å². The average Bonchev–Trinajstić information content (AvgIpc) is 3.18.